The van der Waals surface area contributed by atoms with Crippen LogP contribution >= 0.6 is 0 Å². The van der Waals surface area contributed by atoms with Gasteiger partial charge in [-0.05, 0) is 41.8 Å². The summed E-state index contributed by atoms with van der Waals surface area (Å²) in [7, 11) is 3.52. The van der Waals surface area contributed by atoms with Gasteiger partial charge >= 0.3 is 6.09 Å². The minimum absolute atomic E-state index is 0.0710. The molecule has 0 saturated heterocycles. The van der Waals surface area contributed by atoms with E-state index in [1.165, 1.54) is 0 Å². The topological polar surface area (TPSA) is 49.9 Å². The molecule has 93 valence electrons. The van der Waals surface area contributed by atoms with Crippen molar-refractivity contribution in [1.82, 2.24) is 9.80 Å². The summed E-state index contributed by atoms with van der Waals surface area (Å²) in [5, 5.41) is 0. The number of rotatable bonds is 3. The van der Waals surface area contributed by atoms with Crippen LogP contribution in [0.1, 0.15) is 20.8 Å². The highest BCUT2D eigenvalue weighted by Crippen LogP contribution is 2.10. The molecule has 5 heteroatoms. The summed E-state index contributed by atoms with van der Waals surface area (Å²) >= 11 is 0. The molecule has 0 heterocycles. The second kappa shape index (κ2) is 5.84. The van der Waals surface area contributed by atoms with E-state index < -0.39 is 11.7 Å². The lowest BCUT2D eigenvalue weighted by atomic mass is 10.2. The monoisotopic (exact) mass is 229 g/mol. The Morgan fingerprint density at radius 1 is 1.25 bits per heavy atom. The number of nitrogens with zero attached hydrogens (tertiary/aromatic N) is 2. The van der Waals surface area contributed by atoms with Crippen LogP contribution in [0.25, 0.3) is 0 Å². The van der Waals surface area contributed by atoms with E-state index in [9.17, 15) is 9.59 Å². The van der Waals surface area contributed by atoms with Crippen molar-refractivity contribution in [3.05, 3.63) is 6.92 Å². The van der Waals surface area contributed by atoms with Gasteiger partial charge < -0.3 is 9.64 Å². The molecule has 16 heavy (non-hydrogen) atoms. The van der Waals surface area contributed by atoms with Crippen molar-refractivity contribution >= 4 is 12.0 Å². The SMILES string of the molecule is [CH2]CN(C(=O)CN(C)C)C(=O)OC(C)(C)C. The molecule has 0 aliphatic heterocycles. The van der Waals surface area contributed by atoms with E-state index in [4.69, 9.17) is 4.74 Å². The zero-order valence-corrected chi connectivity index (χ0v) is 10.7. The molecule has 0 aliphatic carbocycles. The van der Waals surface area contributed by atoms with Gasteiger partial charge in [0.05, 0.1) is 6.54 Å². The van der Waals surface area contributed by atoms with Gasteiger partial charge in [-0.3, -0.25) is 4.79 Å². The number of ether oxygens (including phenoxy) is 1. The minimum Gasteiger partial charge on any atom is -0.443 e. The summed E-state index contributed by atoms with van der Waals surface area (Å²) in [6.45, 7) is 9.04. The van der Waals surface area contributed by atoms with Gasteiger partial charge in [-0.2, -0.15) is 0 Å². The first-order valence-corrected chi connectivity index (χ1v) is 5.14. The fraction of sp³-hybridized carbons (Fsp3) is 0.727. The van der Waals surface area contributed by atoms with E-state index in [0.29, 0.717) is 0 Å². The normalized spacial score (nSPS) is 11.4. The minimum atomic E-state index is -0.644. The highest BCUT2D eigenvalue weighted by Gasteiger charge is 2.25. The van der Waals surface area contributed by atoms with E-state index in [1.54, 1.807) is 39.8 Å². The van der Waals surface area contributed by atoms with Gasteiger partial charge in [0.2, 0.25) is 5.91 Å². The van der Waals surface area contributed by atoms with Crippen molar-refractivity contribution in [3.8, 4) is 0 Å². The molecule has 2 amide bonds. The number of likely N-dealkylation sites (N-methyl/N-ethyl adjacent to an activating group) is 1. The maximum absolute atomic E-state index is 11.7. The molecule has 0 unspecified atom stereocenters. The molecule has 0 aromatic carbocycles. The molecule has 5 nitrogen and oxygen atoms in total. The third-order valence-electron chi connectivity index (χ3n) is 1.59. The van der Waals surface area contributed by atoms with Crippen LogP contribution < -0.4 is 0 Å². The van der Waals surface area contributed by atoms with Gasteiger partial charge in [-0.15, -0.1) is 0 Å². The Labute approximate surface area is 97.3 Å². The second-order valence-electron chi connectivity index (χ2n) is 4.76. The fourth-order valence-electron chi connectivity index (χ4n) is 0.991. The molecule has 0 aliphatic rings. The third kappa shape index (κ3) is 5.70. The summed E-state index contributed by atoms with van der Waals surface area (Å²) in [4.78, 5) is 26.0. The predicted octanol–water partition coefficient (Wildman–Crippen LogP) is 1.15. The molecule has 0 rings (SSSR count). The van der Waals surface area contributed by atoms with Gasteiger partial charge in [0, 0.05) is 6.54 Å². The maximum Gasteiger partial charge on any atom is 0.417 e. The molecular formula is C11H21N2O3. The van der Waals surface area contributed by atoms with E-state index in [-0.39, 0.29) is 19.0 Å². The fourth-order valence-corrected chi connectivity index (χ4v) is 0.991. The zero-order chi connectivity index (χ0) is 12.9. The van der Waals surface area contributed by atoms with Gasteiger partial charge in [-0.25, -0.2) is 9.69 Å². The highest BCUT2D eigenvalue weighted by molar-refractivity contribution is 5.93. The molecule has 0 fully saturated rings. The van der Waals surface area contributed by atoms with Crippen LogP contribution in [-0.4, -0.2) is 54.6 Å². The van der Waals surface area contributed by atoms with Gasteiger partial charge in [0.1, 0.15) is 5.60 Å². The first kappa shape index (κ1) is 14.9. The van der Waals surface area contributed by atoms with Crippen LogP contribution in [0.4, 0.5) is 4.79 Å². The zero-order valence-electron chi connectivity index (χ0n) is 10.7. The summed E-state index contributed by atoms with van der Waals surface area (Å²) in [6, 6.07) is 0. The van der Waals surface area contributed by atoms with E-state index in [2.05, 4.69) is 6.92 Å². The van der Waals surface area contributed by atoms with Crippen molar-refractivity contribution in [2.75, 3.05) is 27.2 Å². The number of hydrogen-bond acceptors (Lipinski definition) is 4. The lowest BCUT2D eigenvalue weighted by molar-refractivity contribution is -0.130. The smallest absolute Gasteiger partial charge is 0.417 e. The largest absolute Gasteiger partial charge is 0.443 e. The predicted molar refractivity (Wildman–Crippen MR) is 61.9 cm³/mol. The van der Waals surface area contributed by atoms with Gasteiger partial charge in [0.25, 0.3) is 0 Å². The van der Waals surface area contributed by atoms with Crippen LogP contribution in [0.5, 0.6) is 0 Å². The molecule has 0 spiro atoms. The quantitative estimate of drug-likeness (QED) is 0.728. The van der Waals surface area contributed by atoms with Crippen molar-refractivity contribution in [1.29, 1.82) is 0 Å². The summed E-state index contributed by atoms with van der Waals surface area (Å²) in [5.41, 5.74) is -0.608. The Morgan fingerprint density at radius 3 is 2.06 bits per heavy atom. The highest BCUT2D eigenvalue weighted by atomic mass is 16.6. The van der Waals surface area contributed by atoms with Crippen molar-refractivity contribution in [2.24, 2.45) is 0 Å². The maximum atomic E-state index is 11.7. The Kier molecular flexibility index (Phi) is 5.44. The number of amides is 2. The van der Waals surface area contributed by atoms with E-state index >= 15 is 0 Å². The van der Waals surface area contributed by atoms with Crippen molar-refractivity contribution in [2.45, 2.75) is 26.4 Å². The second-order valence-corrected chi connectivity index (χ2v) is 4.76. The molecule has 1 radical (unpaired) electrons. The lowest BCUT2D eigenvalue weighted by Gasteiger charge is -2.26. The first-order valence-electron chi connectivity index (χ1n) is 5.14. The van der Waals surface area contributed by atoms with E-state index in [0.717, 1.165) is 4.90 Å². The number of carbonyl (C=O) groups excluding carboxylic acids is 2. The Morgan fingerprint density at radius 2 is 1.75 bits per heavy atom. The molecule has 0 saturated carbocycles. The standard InChI is InChI=1S/C11H21N2O3/c1-7-13(9(14)8-12(5)6)10(15)16-11(2,3)4/h1,7-8H2,2-6H3. The number of carbonyl (C=O) groups is 2. The number of imide groups is 1. The molecule has 0 N–H and O–H groups in total. The third-order valence-corrected chi connectivity index (χ3v) is 1.59. The average molecular weight is 229 g/mol. The van der Waals surface area contributed by atoms with Gasteiger partial charge in [-0.1, -0.05) is 0 Å². The van der Waals surface area contributed by atoms with Gasteiger partial charge in [0.15, 0.2) is 0 Å². The lowest BCUT2D eigenvalue weighted by Crippen LogP contribution is -2.44. The van der Waals surface area contributed by atoms with Crippen molar-refractivity contribution < 1.29 is 14.3 Å². The van der Waals surface area contributed by atoms with E-state index in [1.807, 2.05) is 0 Å². The molecule has 0 aromatic heterocycles. The average Bonchev–Trinajstić information content (AvgIpc) is 1.99. The molecule has 0 atom stereocenters. The first-order chi connectivity index (χ1) is 7.17. The number of hydrogen-bond donors (Lipinski definition) is 0. The molecule has 0 bridgehead atoms. The van der Waals surface area contributed by atoms with Crippen LogP contribution in [0.2, 0.25) is 0 Å². The van der Waals surface area contributed by atoms with Crippen LogP contribution in [0.15, 0.2) is 0 Å². The van der Waals surface area contributed by atoms with Crippen LogP contribution in [0.3, 0.4) is 0 Å². The summed E-state index contributed by atoms with van der Waals surface area (Å²) < 4.78 is 5.10. The van der Waals surface area contributed by atoms with Crippen LogP contribution in [0, 0.1) is 6.92 Å². The summed E-state index contributed by atoms with van der Waals surface area (Å²) in [5.74, 6) is -0.311. The molecular weight excluding hydrogens is 208 g/mol. The Balaban J connectivity index is 4.49. The summed E-state index contributed by atoms with van der Waals surface area (Å²) in [6.07, 6.45) is -0.644. The molecule has 0 aromatic rings. The van der Waals surface area contributed by atoms with Crippen LogP contribution in [-0.2, 0) is 9.53 Å². The van der Waals surface area contributed by atoms with Crippen molar-refractivity contribution in [3.63, 3.8) is 0 Å². The Bertz CT molecular complexity index is 256. The Hall–Kier alpha value is -1.10.